The Hall–Kier alpha value is -1.58. The monoisotopic (exact) mass is 288 g/mol. The van der Waals surface area contributed by atoms with Crippen molar-refractivity contribution in [2.45, 2.75) is 38.9 Å². The van der Waals surface area contributed by atoms with Gasteiger partial charge in [0.1, 0.15) is 0 Å². The van der Waals surface area contributed by atoms with Crippen molar-refractivity contribution in [3.63, 3.8) is 0 Å². The molecule has 2 aromatic rings. The van der Waals surface area contributed by atoms with Crippen LogP contribution in [0.4, 0.5) is 0 Å². The van der Waals surface area contributed by atoms with Crippen LogP contribution in [0, 0.1) is 0 Å². The second kappa shape index (κ2) is 5.01. The first-order valence-electron chi connectivity index (χ1n) is 10.7. The van der Waals surface area contributed by atoms with Gasteiger partial charge in [-0.2, -0.15) is 0 Å². The van der Waals surface area contributed by atoms with Gasteiger partial charge >= 0.3 is 7.12 Å². The maximum atomic E-state index is 8.42. The topological polar surface area (TPSA) is 18.5 Å². The molecule has 0 aliphatic carbocycles. The molecule has 1 aliphatic rings. The Morgan fingerprint density at radius 1 is 0.810 bits per heavy atom. The van der Waals surface area contributed by atoms with Gasteiger partial charge in [0.05, 0.1) is 22.2 Å². The number of hydrogen-bond donors (Lipinski definition) is 0. The van der Waals surface area contributed by atoms with Gasteiger partial charge in [-0.3, -0.25) is 0 Å². The van der Waals surface area contributed by atoms with Gasteiger partial charge in [0.25, 0.3) is 0 Å². The SMILES string of the molecule is [2H]c1cc(-c2c([2H])c([2H])c([2H])c([2H])c2[2H])c([2H])c([2H])c1B1OC(C)(C)C(C)(C)O1. The highest BCUT2D eigenvalue weighted by atomic mass is 16.7. The molecule has 108 valence electrons. The lowest BCUT2D eigenvalue weighted by atomic mass is 9.78. The van der Waals surface area contributed by atoms with E-state index in [0.29, 0.717) is 0 Å². The second-order valence-corrected chi connectivity index (χ2v) is 5.95. The summed E-state index contributed by atoms with van der Waals surface area (Å²) >= 11 is 0. The molecule has 1 saturated heterocycles. The third kappa shape index (κ3) is 2.64. The van der Waals surface area contributed by atoms with Crippen LogP contribution in [-0.2, 0) is 9.31 Å². The molecule has 2 nitrogen and oxygen atoms in total. The summed E-state index contributed by atoms with van der Waals surface area (Å²) in [6.07, 6.45) is 0. The van der Waals surface area contributed by atoms with Crippen molar-refractivity contribution in [2.75, 3.05) is 0 Å². The van der Waals surface area contributed by atoms with Crippen LogP contribution in [0.15, 0.2) is 54.4 Å². The minimum atomic E-state index is -1.02. The van der Waals surface area contributed by atoms with Crippen molar-refractivity contribution >= 4 is 12.6 Å². The molecule has 1 heterocycles. The Labute approximate surface area is 138 Å². The number of benzene rings is 2. The summed E-state index contributed by atoms with van der Waals surface area (Å²) in [7, 11) is -1.02. The summed E-state index contributed by atoms with van der Waals surface area (Å²) in [5, 5.41) is 0. The Balaban J connectivity index is 2.21. The molecule has 0 spiro atoms. The van der Waals surface area contributed by atoms with Gasteiger partial charge in [0.15, 0.2) is 0 Å². The molecule has 1 aliphatic heterocycles. The van der Waals surface area contributed by atoms with E-state index in [9.17, 15) is 0 Å². The van der Waals surface area contributed by atoms with E-state index in [2.05, 4.69) is 0 Å². The van der Waals surface area contributed by atoms with Crippen LogP contribution in [0.2, 0.25) is 0 Å². The van der Waals surface area contributed by atoms with Gasteiger partial charge in [-0.25, -0.2) is 0 Å². The summed E-state index contributed by atoms with van der Waals surface area (Å²) in [4.78, 5) is 0. The number of rotatable bonds is 2. The maximum absolute atomic E-state index is 8.42. The van der Waals surface area contributed by atoms with Gasteiger partial charge in [0.2, 0.25) is 0 Å². The Kier molecular flexibility index (Phi) is 1.82. The van der Waals surface area contributed by atoms with Crippen LogP contribution in [-0.4, -0.2) is 18.3 Å². The average molecular weight is 288 g/mol. The van der Waals surface area contributed by atoms with Gasteiger partial charge in [-0.05, 0) is 44.3 Å². The molecule has 0 bridgehead atoms. The Bertz CT molecular complexity index is 977. The zero-order valence-corrected chi connectivity index (χ0v) is 12.5. The highest BCUT2D eigenvalue weighted by Crippen LogP contribution is 2.36. The van der Waals surface area contributed by atoms with E-state index in [1.165, 1.54) is 6.07 Å². The summed E-state index contributed by atoms with van der Waals surface area (Å²) in [6.45, 7) is 7.34. The van der Waals surface area contributed by atoms with E-state index in [4.69, 9.17) is 20.3 Å². The third-order valence-corrected chi connectivity index (χ3v) is 3.96. The Morgan fingerprint density at radius 3 is 2.05 bits per heavy atom. The van der Waals surface area contributed by atoms with Gasteiger partial charge < -0.3 is 9.31 Å². The molecular formula is C18H21BO2. The summed E-state index contributed by atoms with van der Waals surface area (Å²) in [5.41, 5.74) is -1.58. The highest BCUT2D eigenvalue weighted by molar-refractivity contribution is 6.62. The second-order valence-electron chi connectivity index (χ2n) is 5.95. The fourth-order valence-electron chi connectivity index (χ4n) is 1.96. The molecule has 0 unspecified atom stereocenters. The quantitative estimate of drug-likeness (QED) is 0.785. The molecule has 0 atom stereocenters. The van der Waals surface area contributed by atoms with Gasteiger partial charge in [-0.1, -0.05) is 54.4 Å². The van der Waals surface area contributed by atoms with Gasteiger partial charge in [-0.15, -0.1) is 0 Å². The van der Waals surface area contributed by atoms with E-state index < -0.39 is 48.5 Å². The maximum Gasteiger partial charge on any atom is 0.494 e. The predicted octanol–water partition coefficient (Wildman–Crippen LogP) is 3.65. The highest BCUT2D eigenvalue weighted by Gasteiger charge is 2.51. The van der Waals surface area contributed by atoms with Crippen LogP contribution < -0.4 is 5.46 Å². The zero-order valence-electron chi connectivity index (χ0n) is 20.5. The fraction of sp³-hybridized carbons (Fsp3) is 0.333. The lowest BCUT2D eigenvalue weighted by molar-refractivity contribution is 0.00578. The van der Waals surface area contributed by atoms with E-state index in [-0.39, 0.29) is 34.7 Å². The summed E-state index contributed by atoms with van der Waals surface area (Å²) < 4.78 is 76.6. The lowest BCUT2D eigenvalue weighted by Crippen LogP contribution is -2.41. The van der Waals surface area contributed by atoms with E-state index in [1.807, 2.05) is 27.7 Å². The summed E-state index contributed by atoms with van der Waals surface area (Å²) in [6, 6.07) is -2.19. The van der Waals surface area contributed by atoms with Crippen LogP contribution in [0.5, 0.6) is 0 Å². The summed E-state index contributed by atoms with van der Waals surface area (Å²) in [5.74, 6) is 0. The molecule has 1 fully saturated rings. The molecule has 3 rings (SSSR count). The van der Waals surface area contributed by atoms with Crippen LogP contribution in [0.3, 0.4) is 0 Å². The smallest absolute Gasteiger partial charge is 0.399 e. The zero-order chi connectivity index (χ0) is 22.0. The normalized spacial score (nSPS) is 25.0. The van der Waals surface area contributed by atoms with Crippen molar-refractivity contribution < 1.29 is 20.3 Å². The fourth-order valence-corrected chi connectivity index (χ4v) is 1.96. The van der Waals surface area contributed by atoms with Crippen molar-refractivity contribution in [3.8, 4) is 11.1 Å². The molecular weight excluding hydrogens is 259 g/mol. The standard InChI is InChI=1S/C18H21BO2/c1-17(2)18(3,4)21-19(20-17)16-12-10-15(11-13-16)14-8-6-5-7-9-14/h5-13H,1-4H3/i5D,6D,7D,8D,9D,10D,12D,13D. The van der Waals surface area contributed by atoms with Gasteiger partial charge in [0, 0.05) is 0 Å². The first-order chi connectivity index (χ1) is 13.2. The molecule has 21 heavy (non-hydrogen) atoms. The van der Waals surface area contributed by atoms with E-state index >= 15 is 0 Å². The molecule has 0 amide bonds. The van der Waals surface area contributed by atoms with Crippen molar-refractivity contribution in [1.29, 1.82) is 0 Å². The lowest BCUT2D eigenvalue weighted by Gasteiger charge is -2.32. The van der Waals surface area contributed by atoms with Crippen LogP contribution >= 0.6 is 0 Å². The minimum Gasteiger partial charge on any atom is -0.399 e. The minimum absolute atomic E-state index is 0.0720. The Morgan fingerprint density at radius 2 is 1.43 bits per heavy atom. The molecule has 0 aromatic heterocycles. The van der Waals surface area contributed by atoms with Crippen molar-refractivity contribution in [3.05, 3.63) is 54.4 Å². The van der Waals surface area contributed by atoms with Crippen molar-refractivity contribution in [1.82, 2.24) is 0 Å². The first kappa shape index (κ1) is 7.62. The molecule has 3 heteroatoms. The molecule has 2 aromatic carbocycles. The van der Waals surface area contributed by atoms with Crippen LogP contribution in [0.25, 0.3) is 11.1 Å². The molecule has 0 saturated carbocycles. The van der Waals surface area contributed by atoms with Crippen molar-refractivity contribution in [2.24, 2.45) is 0 Å². The predicted molar refractivity (Wildman–Crippen MR) is 87.6 cm³/mol. The average Bonchev–Trinajstić information content (AvgIpc) is 2.83. The number of hydrogen-bond acceptors (Lipinski definition) is 2. The van der Waals surface area contributed by atoms with E-state index in [0.717, 1.165) is 0 Å². The largest absolute Gasteiger partial charge is 0.494 e. The molecule has 0 radical (unpaired) electrons. The van der Waals surface area contributed by atoms with Crippen LogP contribution in [0.1, 0.15) is 38.7 Å². The first-order valence-corrected chi connectivity index (χ1v) is 6.75. The third-order valence-electron chi connectivity index (χ3n) is 3.96. The molecule has 0 N–H and O–H groups in total. The van der Waals surface area contributed by atoms with E-state index in [1.54, 1.807) is 0 Å².